The molecule has 7 aromatic rings. The van der Waals surface area contributed by atoms with Gasteiger partial charge in [0.05, 0.1) is 0 Å². The summed E-state index contributed by atoms with van der Waals surface area (Å²) in [6.07, 6.45) is 0. The van der Waals surface area contributed by atoms with Crippen molar-refractivity contribution in [3.8, 4) is 44.5 Å². The van der Waals surface area contributed by atoms with Crippen LogP contribution in [0, 0.1) is 0 Å². The molecule has 0 atom stereocenters. The highest BCUT2D eigenvalue weighted by Crippen LogP contribution is 2.40. The van der Waals surface area contributed by atoms with E-state index in [1.807, 2.05) is 0 Å². The van der Waals surface area contributed by atoms with E-state index in [0.717, 1.165) is 17.1 Å². The van der Waals surface area contributed by atoms with Crippen LogP contribution in [-0.4, -0.2) is 0 Å². The van der Waals surface area contributed by atoms with Gasteiger partial charge >= 0.3 is 0 Å². The smallest absolute Gasteiger partial charge is 0.0473 e. The molecule has 7 rings (SSSR count). The first-order valence-electron chi connectivity index (χ1n) is 14.7. The molecule has 1 nitrogen and oxygen atoms in total. The Labute approximate surface area is 254 Å². The number of hydrogen-bond acceptors (Lipinski definition) is 1. The normalized spacial score (nSPS) is 10.8. The summed E-state index contributed by atoms with van der Waals surface area (Å²) in [7, 11) is 0. The van der Waals surface area contributed by atoms with E-state index in [1.54, 1.807) is 0 Å². The molecule has 0 unspecified atom stereocenters. The topological polar surface area (TPSA) is 3.24 Å². The van der Waals surface area contributed by atoms with Crippen LogP contribution in [0.2, 0.25) is 0 Å². The molecule has 0 fully saturated rings. The van der Waals surface area contributed by atoms with Gasteiger partial charge < -0.3 is 4.90 Å². The van der Waals surface area contributed by atoms with Crippen LogP contribution >= 0.6 is 0 Å². The summed E-state index contributed by atoms with van der Waals surface area (Å²) in [5, 5.41) is 0. The van der Waals surface area contributed by atoms with Crippen LogP contribution in [-0.2, 0) is 0 Å². The van der Waals surface area contributed by atoms with E-state index >= 15 is 0 Å². The second kappa shape index (κ2) is 12.1. The SMILES string of the molecule is c1ccc(-c2cccc(-c3ccc(N(c4ccccc4)c4cc(-c5ccccc5)cc(-c5ccccc5)c4)cc3)c2)cc1. The maximum absolute atomic E-state index is 2.35. The molecule has 0 aliphatic heterocycles. The fourth-order valence-electron chi connectivity index (χ4n) is 5.67. The Balaban J connectivity index is 1.33. The number of benzene rings is 7. The quantitative estimate of drug-likeness (QED) is 0.191. The minimum absolute atomic E-state index is 1.11. The van der Waals surface area contributed by atoms with Crippen LogP contribution in [0.3, 0.4) is 0 Å². The second-order valence-corrected chi connectivity index (χ2v) is 10.7. The molecule has 0 bridgehead atoms. The molecule has 0 aliphatic rings. The molecule has 7 aromatic carbocycles. The first-order chi connectivity index (χ1) is 21.3. The van der Waals surface area contributed by atoms with Crippen molar-refractivity contribution in [2.45, 2.75) is 0 Å². The van der Waals surface area contributed by atoms with Crippen LogP contribution in [0.1, 0.15) is 0 Å². The Hall–Kier alpha value is -5.66. The average molecular weight is 550 g/mol. The number of rotatable bonds is 7. The highest BCUT2D eigenvalue weighted by atomic mass is 15.1. The first-order valence-corrected chi connectivity index (χ1v) is 14.7. The van der Waals surface area contributed by atoms with Gasteiger partial charge in [-0.1, -0.05) is 140 Å². The van der Waals surface area contributed by atoms with Gasteiger partial charge in [-0.2, -0.15) is 0 Å². The fraction of sp³-hybridized carbons (Fsp3) is 0. The minimum Gasteiger partial charge on any atom is -0.310 e. The lowest BCUT2D eigenvalue weighted by Gasteiger charge is -2.27. The molecule has 204 valence electrons. The highest BCUT2D eigenvalue weighted by molar-refractivity contribution is 5.85. The van der Waals surface area contributed by atoms with Gasteiger partial charge in [-0.05, 0) is 93.0 Å². The van der Waals surface area contributed by atoms with Crippen LogP contribution in [0.5, 0.6) is 0 Å². The van der Waals surface area contributed by atoms with E-state index in [0.29, 0.717) is 0 Å². The fourth-order valence-corrected chi connectivity index (χ4v) is 5.67. The van der Waals surface area contributed by atoms with Crippen molar-refractivity contribution in [3.05, 3.63) is 188 Å². The third-order valence-electron chi connectivity index (χ3n) is 7.83. The molecular formula is C42H31N. The molecule has 0 aliphatic carbocycles. The molecule has 0 amide bonds. The summed E-state index contributed by atoms with van der Waals surface area (Å²) in [5.74, 6) is 0. The summed E-state index contributed by atoms with van der Waals surface area (Å²) >= 11 is 0. The van der Waals surface area contributed by atoms with Crippen molar-refractivity contribution >= 4 is 17.1 Å². The van der Waals surface area contributed by atoms with Gasteiger partial charge in [0.25, 0.3) is 0 Å². The summed E-state index contributed by atoms with van der Waals surface area (Å²) < 4.78 is 0. The molecule has 1 heteroatoms. The van der Waals surface area contributed by atoms with Gasteiger partial charge in [-0.15, -0.1) is 0 Å². The lowest BCUT2D eigenvalue weighted by Crippen LogP contribution is -2.10. The van der Waals surface area contributed by atoms with Crippen LogP contribution < -0.4 is 4.90 Å². The predicted molar refractivity (Wildman–Crippen MR) is 183 cm³/mol. The van der Waals surface area contributed by atoms with E-state index < -0.39 is 0 Å². The zero-order valence-electron chi connectivity index (χ0n) is 23.8. The van der Waals surface area contributed by atoms with E-state index in [2.05, 4.69) is 193 Å². The van der Waals surface area contributed by atoms with Gasteiger partial charge in [0.15, 0.2) is 0 Å². The third-order valence-corrected chi connectivity index (χ3v) is 7.83. The summed E-state index contributed by atoms with van der Waals surface area (Å²) in [6.45, 7) is 0. The van der Waals surface area contributed by atoms with Crippen molar-refractivity contribution in [1.82, 2.24) is 0 Å². The minimum atomic E-state index is 1.11. The Morgan fingerprint density at radius 3 is 1.05 bits per heavy atom. The standard InChI is InChI=1S/C42H31N/c1-5-14-32(15-6-1)36-20-13-21-37(28-36)35-24-26-41(27-25-35)43(40-22-11-4-12-23-40)42-30-38(33-16-7-2-8-17-33)29-39(31-42)34-18-9-3-10-19-34/h1-31H. The molecule has 0 spiro atoms. The maximum Gasteiger partial charge on any atom is 0.0473 e. The summed E-state index contributed by atoms with van der Waals surface area (Å²) in [5.41, 5.74) is 13.0. The van der Waals surface area contributed by atoms with E-state index in [4.69, 9.17) is 0 Å². The van der Waals surface area contributed by atoms with E-state index in [1.165, 1.54) is 44.5 Å². The first kappa shape index (κ1) is 26.3. The molecule has 0 saturated carbocycles. The van der Waals surface area contributed by atoms with Crippen LogP contribution in [0.15, 0.2) is 188 Å². The molecule has 0 heterocycles. The second-order valence-electron chi connectivity index (χ2n) is 10.7. The van der Waals surface area contributed by atoms with Crippen LogP contribution in [0.25, 0.3) is 44.5 Å². The molecule has 43 heavy (non-hydrogen) atoms. The third kappa shape index (κ3) is 5.75. The van der Waals surface area contributed by atoms with Gasteiger partial charge in [-0.3, -0.25) is 0 Å². The lowest BCUT2D eigenvalue weighted by atomic mass is 9.97. The Bertz CT molecular complexity index is 1870. The molecule has 0 radical (unpaired) electrons. The Morgan fingerprint density at radius 2 is 0.558 bits per heavy atom. The van der Waals surface area contributed by atoms with Crippen molar-refractivity contribution in [2.24, 2.45) is 0 Å². The van der Waals surface area contributed by atoms with Crippen molar-refractivity contribution < 1.29 is 0 Å². The Kier molecular flexibility index (Phi) is 7.36. The number of anilines is 3. The zero-order valence-corrected chi connectivity index (χ0v) is 23.8. The molecule has 0 N–H and O–H groups in total. The van der Waals surface area contributed by atoms with Gasteiger partial charge in [-0.25, -0.2) is 0 Å². The van der Waals surface area contributed by atoms with Gasteiger partial charge in [0, 0.05) is 17.1 Å². The average Bonchev–Trinajstić information content (AvgIpc) is 3.10. The number of hydrogen-bond donors (Lipinski definition) is 0. The van der Waals surface area contributed by atoms with Crippen molar-refractivity contribution in [2.75, 3.05) is 4.90 Å². The molecule has 0 aromatic heterocycles. The highest BCUT2D eigenvalue weighted by Gasteiger charge is 2.16. The predicted octanol–water partition coefficient (Wildman–Crippen LogP) is 11.8. The summed E-state index contributed by atoms with van der Waals surface area (Å²) in [4.78, 5) is 2.35. The zero-order chi connectivity index (χ0) is 28.8. The van der Waals surface area contributed by atoms with E-state index in [-0.39, 0.29) is 0 Å². The number of para-hydroxylation sites is 1. The maximum atomic E-state index is 2.35. The van der Waals surface area contributed by atoms with Gasteiger partial charge in [0.1, 0.15) is 0 Å². The largest absolute Gasteiger partial charge is 0.310 e. The monoisotopic (exact) mass is 549 g/mol. The summed E-state index contributed by atoms with van der Waals surface area (Å²) in [6, 6.07) is 67.0. The number of nitrogens with zero attached hydrogens (tertiary/aromatic N) is 1. The lowest BCUT2D eigenvalue weighted by molar-refractivity contribution is 1.28. The van der Waals surface area contributed by atoms with Crippen molar-refractivity contribution in [3.63, 3.8) is 0 Å². The van der Waals surface area contributed by atoms with E-state index in [9.17, 15) is 0 Å². The molecule has 0 saturated heterocycles. The van der Waals surface area contributed by atoms with Crippen molar-refractivity contribution in [1.29, 1.82) is 0 Å². The Morgan fingerprint density at radius 1 is 0.209 bits per heavy atom. The van der Waals surface area contributed by atoms with Gasteiger partial charge in [0.2, 0.25) is 0 Å². The molecular weight excluding hydrogens is 518 g/mol. The van der Waals surface area contributed by atoms with Crippen LogP contribution in [0.4, 0.5) is 17.1 Å².